The summed E-state index contributed by atoms with van der Waals surface area (Å²) < 4.78 is 41.2. The summed E-state index contributed by atoms with van der Waals surface area (Å²) in [6.45, 7) is 5.19. The number of rotatable bonds is 7. The molecule has 0 spiro atoms. The molecule has 1 amide bonds. The van der Waals surface area contributed by atoms with Crippen LogP contribution in [0.15, 0.2) is 42.7 Å². The van der Waals surface area contributed by atoms with Crippen LogP contribution < -0.4 is 0 Å². The Hall–Kier alpha value is -2.31. The van der Waals surface area contributed by atoms with Gasteiger partial charge < -0.3 is 9.47 Å². The van der Waals surface area contributed by atoms with Gasteiger partial charge in [0.2, 0.25) is 5.91 Å². The molecule has 4 nitrogen and oxygen atoms in total. The molecule has 2 unspecified atom stereocenters. The van der Waals surface area contributed by atoms with Gasteiger partial charge in [0.15, 0.2) is 0 Å². The lowest BCUT2D eigenvalue weighted by Gasteiger charge is -2.33. The molecule has 1 fully saturated rings. The van der Waals surface area contributed by atoms with Gasteiger partial charge in [-0.3, -0.25) is 4.79 Å². The van der Waals surface area contributed by atoms with E-state index >= 15 is 0 Å². The second kappa shape index (κ2) is 9.67. The number of halogens is 3. The summed E-state index contributed by atoms with van der Waals surface area (Å²) in [5, 5.41) is 0. The summed E-state index contributed by atoms with van der Waals surface area (Å²) >= 11 is 0. The van der Waals surface area contributed by atoms with Crippen LogP contribution in [0, 0.1) is 11.8 Å². The summed E-state index contributed by atoms with van der Waals surface area (Å²) in [4.78, 5) is 18.4. The second-order valence-electron chi connectivity index (χ2n) is 8.63. The van der Waals surface area contributed by atoms with E-state index in [0.717, 1.165) is 6.42 Å². The van der Waals surface area contributed by atoms with Gasteiger partial charge in [-0.25, -0.2) is 4.98 Å². The molecule has 3 rings (SSSR count). The number of alkyl halides is 3. The van der Waals surface area contributed by atoms with Gasteiger partial charge in [-0.1, -0.05) is 44.2 Å². The number of hydrogen-bond donors (Lipinski definition) is 0. The average Bonchev–Trinajstić information content (AvgIpc) is 3.14. The number of amides is 1. The van der Waals surface area contributed by atoms with E-state index in [1.165, 1.54) is 10.5 Å². The van der Waals surface area contributed by atoms with E-state index in [9.17, 15) is 18.0 Å². The zero-order valence-corrected chi connectivity index (χ0v) is 17.6. The molecule has 2 aromatic rings. The molecule has 30 heavy (non-hydrogen) atoms. The van der Waals surface area contributed by atoms with Crippen LogP contribution in [0.25, 0.3) is 0 Å². The number of piperidine rings is 1. The predicted molar refractivity (Wildman–Crippen MR) is 110 cm³/mol. The normalized spacial score (nSPS) is 18.6. The van der Waals surface area contributed by atoms with Crippen LogP contribution >= 0.6 is 0 Å². The molecule has 0 bridgehead atoms. The first-order chi connectivity index (χ1) is 14.2. The minimum atomic E-state index is -4.25. The first-order valence-corrected chi connectivity index (χ1v) is 10.6. The van der Waals surface area contributed by atoms with Gasteiger partial charge in [0.25, 0.3) is 0 Å². The van der Waals surface area contributed by atoms with Crippen molar-refractivity contribution in [1.82, 2.24) is 14.5 Å². The Labute approximate surface area is 176 Å². The molecule has 2 heterocycles. The van der Waals surface area contributed by atoms with Crippen molar-refractivity contribution < 1.29 is 18.0 Å². The summed E-state index contributed by atoms with van der Waals surface area (Å²) in [5.74, 6) is -0.311. The highest BCUT2D eigenvalue weighted by Gasteiger charge is 2.42. The molecule has 1 aromatic heterocycles. The maximum Gasteiger partial charge on any atom is 0.393 e. The molecule has 0 radical (unpaired) electrons. The number of likely N-dealkylation sites (tertiary alicyclic amines) is 1. The Bertz CT molecular complexity index is 817. The first kappa shape index (κ1) is 22.4. The molecule has 7 heteroatoms. The molecule has 0 N–H and O–H groups in total. The minimum absolute atomic E-state index is 0.0285. The Kier molecular flexibility index (Phi) is 7.21. The van der Waals surface area contributed by atoms with Gasteiger partial charge in [-0.2, -0.15) is 13.2 Å². The van der Waals surface area contributed by atoms with Gasteiger partial charge in [0.1, 0.15) is 5.82 Å². The van der Waals surface area contributed by atoms with E-state index in [0.29, 0.717) is 31.3 Å². The Morgan fingerprint density at radius 3 is 2.63 bits per heavy atom. The Morgan fingerprint density at radius 2 is 1.97 bits per heavy atom. The molecular weight excluding hydrogens is 391 g/mol. The van der Waals surface area contributed by atoms with Gasteiger partial charge in [0.05, 0.1) is 12.3 Å². The van der Waals surface area contributed by atoms with Crippen molar-refractivity contribution in [3.8, 4) is 0 Å². The number of benzene rings is 1. The van der Waals surface area contributed by atoms with Crippen molar-refractivity contribution in [3.63, 3.8) is 0 Å². The summed E-state index contributed by atoms with van der Waals surface area (Å²) in [5.41, 5.74) is 1.24. The SMILES string of the molecule is CC(C)CC(Cn1ccnc1CC(=O)N1CCCC(C(F)(F)F)C1)c1ccccc1. The summed E-state index contributed by atoms with van der Waals surface area (Å²) in [6, 6.07) is 10.3. The quantitative estimate of drug-likeness (QED) is 0.627. The van der Waals surface area contributed by atoms with Crippen LogP contribution in [0.1, 0.15) is 50.4 Å². The molecule has 1 aromatic carbocycles. The van der Waals surface area contributed by atoms with E-state index < -0.39 is 12.1 Å². The van der Waals surface area contributed by atoms with Crippen molar-refractivity contribution in [2.45, 2.75) is 58.2 Å². The van der Waals surface area contributed by atoms with Gasteiger partial charge in [-0.05, 0) is 30.7 Å². The zero-order valence-electron chi connectivity index (χ0n) is 17.6. The maximum absolute atomic E-state index is 13.1. The third kappa shape index (κ3) is 5.86. The van der Waals surface area contributed by atoms with Crippen molar-refractivity contribution in [2.75, 3.05) is 13.1 Å². The topological polar surface area (TPSA) is 38.1 Å². The summed E-state index contributed by atoms with van der Waals surface area (Å²) in [6.07, 6.45) is 0.764. The van der Waals surface area contributed by atoms with Crippen molar-refractivity contribution in [1.29, 1.82) is 0 Å². The lowest BCUT2D eigenvalue weighted by molar-refractivity contribution is -0.187. The number of carbonyl (C=O) groups is 1. The first-order valence-electron chi connectivity index (χ1n) is 10.6. The number of aromatic nitrogens is 2. The molecule has 1 saturated heterocycles. The van der Waals surface area contributed by atoms with Crippen LogP contribution in [-0.4, -0.2) is 39.6 Å². The minimum Gasteiger partial charge on any atom is -0.342 e. The maximum atomic E-state index is 13.1. The highest BCUT2D eigenvalue weighted by Crippen LogP contribution is 2.33. The second-order valence-corrected chi connectivity index (χ2v) is 8.63. The van der Waals surface area contributed by atoms with Crippen LogP contribution in [0.4, 0.5) is 13.2 Å². The van der Waals surface area contributed by atoms with Crippen molar-refractivity contribution in [2.24, 2.45) is 11.8 Å². The molecule has 1 aliphatic rings. The largest absolute Gasteiger partial charge is 0.393 e. The summed E-state index contributed by atoms with van der Waals surface area (Å²) in [7, 11) is 0. The number of carbonyl (C=O) groups excluding carboxylic acids is 1. The highest BCUT2D eigenvalue weighted by atomic mass is 19.4. The third-order valence-electron chi connectivity index (χ3n) is 5.79. The van der Waals surface area contributed by atoms with E-state index in [1.807, 2.05) is 29.0 Å². The molecule has 2 atom stereocenters. The number of hydrogen-bond acceptors (Lipinski definition) is 2. The fraction of sp³-hybridized carbons (Fsp3) is 0.565. The van der Waals surface area contributed by atoms with Crippen molar-refractivity contribution >= 4 is 5.91 Å². The fourth-order valence-electron chi connectivity index (χ4n) is 4.24. The van der Waals surface area contributed by atoms with Crippen LogP contribution in [0.5, 0.6) is 0 Å². The average molecular weight is 422 g/mol. The number of nitrogens with zero attached hydrogens (tertiary/aromatic N) is 3. The van der Waals surface area contributed by atoms with Gasteiger partial charge in [0, 0.05) is 37.9 Å². The molecule has 164 valence electrons. The molecule has 0 aliphatic carbocycles. The lowest BCUT2D eigenvalue weighted by Crippen LogP contribution is -2.45. The van der Waals surface area contributed by atoms with Gasteiger partial charge in [-0.15, -0.1) is 0 Å². The smallest absolute Gasteiger partial charge is 0.342 e. The van der Waals surface area contributed by atoms with Crippen LogP contribution in [0.3, 0.4) is 0 Å². The van der Waals surface area contributed by atoms with Gasteiger partial charge >= 0.3 is 6.18 Å². The van der Waals surface area contributed by atoms with Crippen LogP contribution in [-0.2, 0) is 17.8 Å². The molecular formula is C23H30F3N3O. The Morgan fingerprint density at radius 1 is 1.23 bits per heavy atom. The van der Waals surface area contributed by atoms with E-state index in [4.69, 9.17) is 0 Å². The third-order valence-corrected chi connectivity index (χ3v) is 5.79. The standard InChI is InChI=1S/C23H30F3N3O/c1-17(2)13-19(18-7-4-3-5-8-18)15-28-12-10-27-21(28)14-22(30)29-11-6-9-20(16-29)23(24,25)26/h3-5,7-8,10,12,17,19-20H,6,9,11,13-16H2,1-2H3. The Balaban J connectivity index is 1.69. The van der Waals surface area contributed by atoms with E-state index in [1.54, 1.807) is 6.20 Å². The number of imidazole rings is 1. The lowest BCUT2D eigenvalue weighted by atomic mass is 9.90. The monoisotopic (exact) mass is 421 g/mol. The predicted octanol–water partition coefficient (Wildman–Crippen LogP) is 5.06. The molecule has 0 saturated carbocycles. The zero-order chi connectivity index (χ0) is 21.7. The van der Waals surface area contributed by atoms with Crippen LogP contribution in [0.2, 0.25) is 0 Å². The fourth-order valence-corrected chi connectivity index (χ4v) is 4.24. The van der Waals surface area contributed by atoms with Crippen molar-refractivity contribution in [3.05, 3.63) is 54.1 Å². The van der Waals surface area contributed by atoms with E-state index in [-0.39, 0.29) is 31.2 Å². The van der Waals surface area contributed by atoms with E-state index in [2.05, 4.69) is 31.0 Å². The molecule has 1 aliphatic heterocycles. The highest BCUT2D eigenvalue weighted by molar-refractivity contribution is 5.78.